The highest BCUT2D eigenvalue weighted by Crippen LogP contribution is 2.20. The molecule has 1 N–H and O–H groups in total. The molecular formula is C21H19ClN6O2. The molecule has 0 spiro atoms. The Labute approximate surface area is 177 Å². The van der Waals surface area contributed by atoms with Crippen molar-refractivity contribution >= 4 is 17.5 Å². The maximum atomic E-state index is 12.8. The zero-order chi connectivity index (χ0) is 21.1. The van der Waals surface area contributed by atoms with Crippen LogP contribution in [0.2, 0.25) is 5.02 Å². The van der Waals surface area contributed by atoms with E-state index in [0.29, 0.717) is 34.5 Å². The fourth-order valence-electron chi connectivity index (χ4n) is 3.16. The van der Waals surface area contributed by atoms with Crippen LogP contribution < -0.4 is 5.32 Å². The first-order valence-electron chi connectivity index (χ1n) is 9.31. The van der Waals surface area contributed by atoms with Gasteiger partial charge in [-0.25, -0.2) is 0 Å². The molecule has 30 heavy (non-hydrogen) atoms. The number of hydrogen-bond acceptors (Lipinski definition) is 6. The fraction of sp³-hybridized carbons (Fsp3) is 0.190. The van der Waals surface area contributed by atoms with E-state index in [2.05, 4.69) is 25.5 Å². The van der Waals surface area contributed by atoms with E-state index in [-0.39, 0.29) is 12.5 Å². The maximum Gasteiger partial charge on any atom is 0.255 e. The summed E-state index contributed by atoms with van der Waals surface area (Å²) in [5.74, 6) is 0.509. The molecule has 4 aromatic rings. The molecule has 0 bridgehead atoms. The molecule has 0 aliphatic carbocycles. The van der Waals surface area contributed by atoms with Crippen LogP contribution in [0.3, 0.4) is 0 Å². The van der Waals surface area contributed by atoms with E-state index in [1.807, 2.05) is 31.2 Å². The predicted molar refractivity (Wildman–Crippen MR) is 111 cm³/mol. The number of rotatable bonds is 6. The van der Waals surface area contributed by atoms with Crippen LogP contribution in [0, 0.1) is 13.8 Å². The Morgan fingerprint density at radius 3 is 2.70 bits per heavy atom. The van der Waals surface area contributed by atoms with Crippen LogP contribution in [0.5, 0.6) is 0 Å². The van der Waals surface area contributed by atoms with Crippen LogP contribution in [0.1, 0.15) is 33.2 Å². The summed E-state index contributed by atoms with van der Waals surface area (Å²) in [7, 11) is 0. The number of carbonyl (C=O) groups excluding carboxylic acids is 1. The van der Waals surface area contributed by atoms with E-state index < -0.39 is 0 Å². The van der Waals surface area contributed by atoms with Gasteiger partial charge in [-0.15, -0.1) is 0 Å². The van der Waals surface area contributed by atoms with Crippen molar-refractivity contribution in [2.45, 2.75) is 26.9 Å². The van der Waals surface area contributed by atoms with Gasteiger partial charge < -0.3 is 9.84 Å². The average molecular weight is 423 g/mol. The van der Waals surface area contributed by atoms with Crippen molar-refractivity contribution in [2.24, 2.45) is 0 Å². The number of aryl methyl sites for hydroxylation is 1. The Morgan fingerprint density at radius 2 is 1.93 bits per heavy atom. The summed E-state index contributed by atoms with van der Waals surface area (Å²) < 4.78 is 7.01. The molecule has 1 amide bonds. The van der Waals surface area contributed by atoms with Gasteiger partial charge in [0.25, 0.3) is 5.91 Å². The van der Waals surface area contributed by atoms with Crippen molar-refractivity contribution < 1.29 is 9.32 Å². The molecule has 1 aromatic carbocycles. The molecule has 4 rings (SSSR count). The highest BCUT2D eigenvalue weighted by atomic mass is 35.5. The van der Waals surface area contributed by atoms with Crippen molar-refractivity contribution in [3.8, 4) is 11.4 Å². The van der Waals surface area contributed by atoms with Crippen LogP contribution in [0.25, 0.3) is 11.4 Å². The van der Waals surface area contributed by atoms with Crippen LogP contribution in [-0.4, -0.2) is 30.8 Å². The number of hydrogen-bond donors (Lipinski definition) is 1. The van der Waals surface area contributed by atoms with Crippen molar-refractivity contribution in [3.05, 3.63) is 82.2 Å². The Hall–Kier alpha value is -3.52. The normalized spacial score (nSPS) is 10.9. The lowest BCUT2D eigenvalue weighted by Gasteiger charge is -2.07. The Morgan fingerprint density at radius 1 is 1.17 bits per heavy atom. The van der Waals surface area contributed by atoms with Gasteiger partial charge in [-0.3, -0.25) is 14.5 Å². The maximum absolute atomic E-state index is 12.8. The first-order valence-corrected chi connectivity index (χ1v) is 9.69. The summed E-state index contributed by atoms with van der Waals surface area (Å²) >= 11 is 6.25. The molecule has 0 atom stereocenters. The van der Waals surface area contributed by atoms with Crippen molar-refractivity contribution in [1.29, 1.82) is 0 Å². The minimum atomic E-state index is -0.251. The first-order chi connectivity index (χ1) is 14.5. The smallest absolute Gasteiger partial charge is 0.255 e. The molecule has 0 unspecified atom stereocenters. The first kappa shape index (κ1) is 19.8. The van der Waals surface area contributed by atoms with Gasteiger partial charge in [-0.1, -0.05) is 35.0 Å². The second kappa shape index (κ2) is 8.46. The second-order valence-corrected chi connectivity index (χ2v) is 7.13. The third kappa shape index (κ3) is 4.08. The molecule has 0 radical (unpaired) electrons. The molecule has 9 heteroatoms. The molecule has 3 aromatic heterocycles. The zero-order valence-electron chi connectivity index (χ0n) is 16.5. The molecule has 0 fully saturated rings. The average Bonchev–Trinajstić information content (AvgIpc) is 3.33. The van der Waals surface area contributed by atoms with Gasteiger partial charge in [0.15, 0.2) is 0 Å². The van der Waals surface area contributed by atoms with E-state index >= 15 is 0 Å². The van der Waals surface area contributed by atoms with Gasteiger partial charge in [0, 0.05) is 28.7 Å². The lowest BCUT2D eigenvalue weighted by atomic mass is 10.1. The molecule has 0 saturated carbocycles. The van der Waals surface area contributed by atoms with E-state index in [4.69, 9.17) is 16.1 Å². The van der Waals surface area contributed by atoms with Gasteiger partial charge >= 0.3 is 0 Å². The number of nitrogens with zero attached hydrogens (tertiary/aromatic N) is 5. The summed E-state index contributed by atoms with van der Waals surface area (Å²) in [5.41, 5.74) is 3.65. The zero-order valence-corrected chi connectivity index (χ0v) is 17.2. The molecule has 152 valence electrons. The highest BCUT2D eigenvalue weighted by Gasteiger charge is 2.20. The molecule has 0 aliphatic rings. The van der Waals surface area contributed by atoms with Crippen molar-refractivity contribution in [2.75, 3.05) is 0 Å². The van der Waals surface area contributed by atoms with Gasteiger partial charge in [-0.2, -0.15) is 10.1 Å². The Kier molecular flexibility index (Phi) is 5.58. The standard InChI is InChI=1S/C21H19ClN6O2/c1-13-19(14(2)28(26-13)12-16-5-3-4-6-17(16)22)21(29)24-11-18-25-20(27-30-18)15-7-9-23-10-8-15/h3-10H,11-12H2,1-2H3,(H,24,29). The van der Waals surface area contributed by atoms with Crippen LogP contribution in [0.4, 0.5) is 0 Å². The number of pyridine rings is 1. The predicted octanol–water partition coefficient (Wildman–Crippen LogP) is 3.58. The number of benzene rings is 1. The van der Waals surface area contributed by atoms with Gasteiger partial charge in [-0.05, 0) is 37.6 Å². The summed E-state index contributed by atoms with van der Waals surface area (Å²) in [6.07, 6.45) is 3.30. The number of nitrogens with one attached hydrogen (secondary N) is 1. The third-order valence-corrected chi connectivity index (χ3v) is 5.06. The SMILES string of the molecule is Cc1nn(Cc2ccccc2Cl)c(C)c1C(=O)NCc1nc(-c2ccncc2)no1. The van der Waals surface area contributed by atoms with Crippen LogP contribution in [0.15, 0.2) is 53.3 Å². The molecular weight excluding hydrogens is 404 g/mol. The third-order valence-electron chi connectivity index (χ3n) is 4.69. The summed E-state index contributed by atoms with van der Waals surface area (Å²) in [6.45, 7) is 4.27. The van der Waals surface area contributed by atoms with Crippen molar-refractivity contribution in [3.63, 3.8) is 0 Å². The quantitative estimate of drug-likeness (QED) is 0.510. The Balaban J connectivity index is 1.46. The lowest BCUT2D eigenvalue weighted by molar-refractivity contribution is 0.0945. The van der Waals surface area contributed by atoms with Gasteiger partial charge in [0.2, 0.25) is 11.7 Å². The summed E-state index contributed by atoms with van der Waals surface area (Å²) in [6, 6.07) is 11.1. The fourth-order valence-corrected chi connectivity index (χ4v) is 3.35. The van der Waals surface area contributed by atoms with E-state index in [9.17, 15) is 4.79 Å². The number of aromatic nitrogens is 5. The number of halogens is 1. The molecule has 3 heterocycles. The largest absolute Gasteiger partial charge is 0.343 e. The Bertz CT molecular complexity index is 1190. The summed E-state index contributed by atoms with van der Waals surface area (Å²) in [5, 5.41) is 11.9. The minimum Gasteiger partial charge on any atom is -0.343 e. The summed E-state index contributed by atoms with van der Waals surface area (Å²) in [4.78, 5) is 21.0. The van der Waals surface area contributed by atoms with Crippen LogP contribution >= 0.6 is 11.6 Å². The molecule has 0 saturated heterocycles. The van der Waals surface area contributed by atoms with Crippen LogP contribution in [-0.2, 0) is 13.1 Å². The van der Waals surface area contributed by atoms with Gasteiger partial charge in [0.05, 0.1) is 24.3 Å². The monoisotopic (exact) mass is 422 g/mol. The number of amides is 1. The molecule has 0 aliphatic heterocycles. The van der Waals surface area contributed by atoms with E-state index in [1.165, 1.54) is 0 Å². The van der Waals surface area contributed by atoms with Gasteiger partial charge in [0.1, 0.15) is 0 Å². The number of carbonyl (C=O) groups is 1. The molecule has 8 nitrogen and oxygen atoms in total. The van der Waals surface area contributed by atoms with Crippen molar-refractivity contribution in [1.82, 2.24) is 30.2 Å². The minimum absolute atomic E-state index is 0.117. The topological polar surface area (TPSA) is 98.7 Å². The van der Waals surface area contributed by atoms with E-state index in [0.717, 1.165) is 16.8 Å². The van der Waals surface area contributed by atoms with E-state index in [1.54, 1.807) is 36.1 Å². The lowest BCUT2D eigenvalue weighted by Crippen LogP contribution is -2.24. The second-order valence-electron chi connectivity index (χ2n) is 6.73. The highest BCUT2D eigenvalue weighted by molar-refractivity contribution is 6.31.